The van der Waals surface area contributed by atoms with Gasteiger partial charge in [0.1, 0.15) is 5.75 Å². The molecule has 0 aromatic heterocycles. The Morgan fingerprint density at radius 2 is 1.67 bits per heavy atom. The van der Waals surface area contributed by atoms with Crippen molar-refractivity contribution in [3.63, 3.8) is 0 Å². The van der Waals surface area contributed by atoms with E-state index < -0.39 is 11.7 Å². The zero-order valence-electron chi connectivity index (χ0n) is 10.9. The molecule has 2 rings (SSSR count). The van der Waals surface area contributed by atoms with E-state index in [-0.39, 0.29) is 10.2 Å². The molecule has 3 nitrogen and oxygen atoms in total. The summed E-state index contributed by atoms with van der Waals surface area (Å²) in [6.07, 6.45) is -4.40. The average molecular weight is 362 g/mol. The Morgan fingerprint density at radius 3 is 2.24 bits per heavy atom. The Bertz CT molecular complexity index is 659. The lowest BCUT2D eigenvalue weighted by Crippen LogP contribution is -2.04. The number of anilines is 1. The molecule has 7 heteroatoms. The normalized spacial score (nSPS) is 11.3. The van der Waals surface area contributed by atoms with Crippen molar-refractivity contribution in [1.29, 1.82) is 0 Å². The van der Waals surface area contributed by atoms with Crippen LogP contribution in [0.15, 0.2) is 40.9 Å². The highest BCUT2D eigenvalue weighted by molar-refractivity contribution is 9.10. The molecule has 0 saturated heterocycles. The van der Waals surface area contributed by atoms with Crippen LogP contribution in [0.5, 0.6) is 17.2 Å². The number of benzene rings is 2. The Morgan fingerprint density at radius 1 is 1.00 bits per heavy atom. The fourth-order valence-electron chi connectivity index (χ4n) is 1.65. The Labute approximate surface area is 127 Å². The van der Waals surface area contributed by atoms with Crippen LogP contribution in [0.1, 0.15) is 5.56 Å². The molecule has 21 heavy (non-hydrogen) atoms. The minimum atomic E-state index is -4.40. The molecule has 0 heterocycles. The zero-order valence-corrected chi connectivity index (χ0v) is 12.5. The number of nitrogens with two attached hydrogens (primary N) is 1. The predicted molar refractivity (Wildman–Crippen MR) is 76.6 cm³/mol. The molecule has 0 saturated carbocycles. The van der Waals surface area contributed by atoms with Gasteiger partial charge in [-0.05, 0) is 46.3 Å². The fourth-order valence-corrected chi connectivity index (χ4v) is 2.11. The molecule has 0 fully saturated rings. The van der Waals surface area contributed by atoms with Gasteiger partial charge in [0.05, 0.1) is 17.1 Å². The van der Waals surface area contributed by atoms with Crippen molar-refractivity contribution in [1.82, 2.24) is 0 Å². The molecule has 0 aliphatic heterocycles. The van der Waals surface area contributed by atoms with Crippen LogP contribution in [0.2, 0.25) is 0 Å². The molecule has 0 atom stereocenters. The van der Waals surface area contributed by atoms with E-state index in [9.17, 15) is 13.2 Å². The van der Waals surface area contributed by atoms with Gasteiger partial charge >= 0.3 is 6.18 Å². The fraction of sp³-hybridized carbons (Fsp3) is 0.143. The third-order valence-electron chi connectivity index (χ3n) is 2.67. The van der Waals surface area contributed by atoms with Gasteiger partial charge in [0.2, 0.25) is 0 Å². The molecule has 0 aliphatic rings. The quantitative estimate of drug-likeness (QED) is 0.794. The first-order valence-corrected chi connectivity index (χ1v) is 6.58. The largest absolute Gasteiger partial charge is 0.493 e. The first kappa shape index (κ1) is 15.5. The van der Waals surface area contributed by atoms with Crippen molar-refractivity contribution in [2.75, 3.05) is 12.8 Å². The molecule has 0 bridgehead atoms. The first-order valence-electron chi connectivity index (χ1n) is 5.79. The van der Waals surface area contributed by atoms with Gasteiger partial charge in [0, 0.05) is 11.8 Å². The predicted octanol–water partition coefficient (Wildman–Crippen LogP) is 4.85. The third-order valence-corrected chi connectivity index (χ3v) is 3.29. The highest BCUT2D eigenvalue weighted by atomic mass is 79.9. The Balaban J connectivity index is 2.32. The van der Waals surface area contributed by atoms with Crippen LogP contribution in [0.4, 0.5) is 18.9 Å². The topological polar surface area (TPSA) is 44.5 Å². The second kappa shape index (κ2) is 5.85. The second-order valence-corrected chi connectivity index (χ2v) is 5.01. The first-order chi connectivity index (χ1) is 9.81. The van der Waals surface area contributed by atoms with Crippen molar-refractivity contribution in [3.8, 4) is 17.2 Å². The van der Waals surface area contributed by atoms with Crippen LogP contribution in [0, 0.1) is 0 Å². The lowest BCUT2D eigenvalue weighted by Gasteiger charge is -2.13. The van der Waals surface area contributed by atoms with Crippen LogP contribution >= 0.6 is 15.9 Å². The van der Waals surface area contributed by atoms with Crippen molar-refractivity contribution in [3.05, 3.63) is 46.4 Å². The van der Waals surface area contributed by atoms with Gasteiger partial charge in [-0.1, -0.05) is 0 Å². The zero-order chi connectivity index (χ0) is 15.6. The van der Waals surface area contributed by atoms with E-state index in [0.29, 0.717) is 17.2 Å². The molecule has 0 aliphatic carbocycles. The van der Waals surface area contributed by atoms with Crippen molar-refractivity contribution in [2.45, 2.75) is 6.18 Å². The highest BCUT2D eigenvalue weighted by Crippen LogP contribution is 2.39. The third kappa shape index (κ3) is 3.60. The van der Waals surface area contributed by atoms with Crippen molar-refractivity contribution >= 4 is 21.6 Å². The van der Waals surface area contributed by atoms with E-state index in [4.69, 9.17) is 15.2 Å². The number of methoxy groups -OCH3 is 1. The Hall–Kier alpha value is -1.89. The molecule has 2 aromatic carbocycles. The van der Waals surface area contributed by atoms with E-state index in [2.05, 4.69) is 15.9 Å². The average Bonchev–Trinajstić information content (AvgIpc) is 2.41. The molecule has 0 spiro atoms. The second-order valence-electron chi connectivity index (χ2n) is 4.16. The van der Waals surface area contributed by atoms with Gasteiger partial charge in [-0.2, -0.15) is 13.2 Å². The van der Waals surface area contributed by atoms with Crippen LogP contribution in [0.3, 0.4) is 0 Å². The van der Waals surface area contributed by atoms with E-state index >= 15 is 0 Å². The maximum Gasteiger partial charge on any atom is 0.416 e. The van der Waals surface area contributed by atoms with Gasteiger partial charge in [-0.15, -0.1) is 0 Å². The number of nitrogen functional groups attached to an aromatic ring is 1. The number of alkyl halides is 3. The minimum absolute atomic E-state index is 0.191. The lowest BCUT2D eigenvalue weighted by molar-refractivity contribution is -0.137. The van der Waals surface area contributed by atoms with Gasteiger partial charge in [0.15, 0.2) is 11.5 Å². The maximum atomic E-state index is 12.6. The maximum absolute atomic E-state index is 12.6. The molecule has 0 radical (unpaired) electrons. The molecule has 2 aromatic rings. The summed E-state index contributed by atoms with van der Waals surface area (Å²) in [4.78, 5) is 0. The standard InChI is InChI=1S/C14H11BrF3NO2/c1-20-13-7-9(19)3-5-12(13)21-11-4-2-8(6-10(11)15)14(16,17)18/h2-7H,19H2,1H3. The van der Waals surface area contributed by atoms with Crippen LogP contribution < -0.4 is 15.2 Å². The van der Waals surface area contributed by atoms with Crippen molar-refractivity contribution in [2.24, 2.45) is 0 Å². The minimum Gasteiger partial charge on any atom is -0.493 e. The molecule has 0 unspecified atom stereocenters. The number of hydrogen-bond acceptors (Lipinski definition) is 3. The van der Waals surface area contributed by atoms with E-state index in [1.807, 2.05) is 0 Å². The number of rotatable bonds is 3. The van der Waals surface area contributed by atoms with Gasteiger partial charge in [0.25, 0.3) is 0 Å². The van der Waals surface area contributed by atoms with E-state index in [0.717, 1.165) is 12.1 Å². The molecular formula is C14H11BrF3NO2. The van der Waals surface area contributed by atoms with Crippen LogP contribution in [-0.4, -0.2) is 7.11 Å². The summed E-state index contributed by atoms with van der Waals surface area (Å²) in [6, 6.07) is 7.90. The lowest BCUT2D eigenvalue weighted by atomic mass is 10.2. The number of hydrogen-bond donors (Lipinski definition) is 1. The monoisotopic (exact) mass is 361 g/mol. The number of ether oxygens (including phenoxy) is 2. The smallest absolute Gasteiger partial charge is 0.416 e. The van der Waals surface area contributed by atoms with E-state index in [1.165, 1.54) is 13.2 Å². The highest BCUT2D eigenvalue weighted by Gasteiger charge is 2.31. The number of halogens is 4. The Kier molecular flexibility index (Phi) is 4.32. The summed E-state index contributed by atoms with van der Waals surface area (Å²) in [5.74, 6) is 0.986. The summed E-state index contributed by atoms with van der Waals surface area (Å²) < 4.78 is 48.6. The summed E-state index contributed by atoms with van der Waals surface area (Å²) in [5.41, 5.74) is 5.36. The van der Waals surface area contributed by atoms with Gasteiger partial charge < -0.3 is 15.2 Å². The summed E-state index contributed by atoms with van der Waals surface area (Å²) >= 11 is 3.07. The van der Waals surface area contributed by atoms with Crippen LogP contribution in [-0.2, 0) is 6.18 Å². The summed E-state index contributed by atoms with van der Waals surface area (Å²) in [6.45, 7) is 0. The molecule has 0 amide bonds. The molecule has 112 valence electrons. The van der Waals surface area contributed by atoms with E-state index in [1.54, 1.807) is 18.2 Å². The van der Waals surface area contributed by atoms with Gasteiger partial charge in [-0.3, -0.25) is 0 Å². The van der Waals surface area contributed by atoms with Gasteiger partial charge in [-0.25, -0.2) is 0 Å². The molecule has 2 N–H and O–H groups in total. The summed E-state index contributed by atoms with van der Waals surface area (Å²) in [5, 5.41) is 0. The SMILES string of the molecule is COc1cc(N)ccc1Oc1ccc(C(F)(F)F)cc1Br. The van der Waals surface area contributed by atoms with Crippen LogP contribution in [0.25, 0.3) is 0 Å². The van der Waals surface area contributed by atoms with Crippen molar-refractivity contribution < 1.29 is 22.6 Å². The molecular weight excluding hydrogens is 351 g/mol. The summed E-state index contributed by atoms with van der Waals surface area (Å²) in [7, 11) is 1.45.